The van der Waals surface area contributed by atoms with Crippen LogP contribution in [0.25, 0.3) is 0 Å². The maximum absolute atomic E-state index is 11.0. The minimum Gasteiger partial charge on any atom is -0.478 e. The molecule has 0 aliphatic rings. The monoisotopic (exact) mass is 354 g/mol. The fourth-order valence-corrected chi connectivity index (χ4v) is 2.50. The zero-order valence-corrected chi connectivity index (χ0v) is 14.1. The van der Waals surface area contributed by atoms with Crippen LogP contribution < -0.4 is 10.6 Å². The molecule has 0 radical (unpaired) electrons. The lowest BCUT2D eigenvalue weighted by molar-refractivity contribution is 0.0697. The summed E-state index contributed by atoms with van der Waals surface area (Å²) in [7, 11) is 0. The predicted molar refractivity (Wildman–Crippen MR) is 98.2 cm³/mol. The van der Waals surface area contributed by atoms with Crippen LogP contribution in [-0.4, -0.2) is 21.0 Å². The van der Waals surface area contributed by atoms with Crippen molar-refractivity contribution in [3.8, 4) is 0 Å². The van der Waals surface area contributed by atoms with Crippen molar-refractivity contribution in [2.45, 2.75) is 6.92 Å². The molecule has 1 aromatic heterocycles. The minimum atomic E-state index is -0.980. The van der Waals surface area contributed by atoms with Crippen molar-refractivity contribution in [1.82, 2.24) is 9.97 Å². The van der Waals surface area contributed by atoms with Crippen molar-refractivity contribution < 1.29 is 9.90 Å². The Labute approximate surface area is 149 Å². The van der Waals surface area contributed by atoms with Crippen molar-refractivity contribution in [2.24, 2.45) is 0 Å². The van der Waals surface area contributed by atoms with Gasteiger partial charge >= 0.3 is 5.97 Å². The molecule has 3 rings (SSSR count). The van der Waals surface area contributed by atoms with Crippen LogP contribution in [0, 0.1) is 6.92 Å². The molecule has 7 heteroatoms. The van der Waals surface area contributed by atoms with Crippen LogP contribution in [0.2, 0.25) is 5.02 Å². The Balaban J connectivity index is 1.79. The van der Waals surface area contributed by atoms with Gasteiger partial charge in [-0.25, -0.2) is 14.8 Å². The molecule has 126 valence electrons. The van der Waals surface area contributed by atoms with Gasteiger partial charge in [0.25, 0.3) is 0 Å². The summed E-state index contributed by atoms with van der Waals surface area (Å²) in [6, 6.07) is 13.8. The normalized spacial score (nSPS) is 10.3. The highest BCUT2D eigenvalue weighted by Gasteiger charge is 2.06. The van der Waals surface area contributed by atoms with E-state index in [-0.39, 0.29) is 5.56 Å². The molecule has 25 heavy (non-hydrogen) atoms. The summed E-state index contributed by atoms with van der Waals surface area (Å²) in [5.74, 6) is 0.177. The van der Waals surface area contributed by atoms with E-state index in [1.807, 2.05) is 19.1 Å². The smallest absolute Gasteiger partial charge is 0.335 e. The molecule has 0 atom stereocenters. The summed E-state index contributed by atoms with van der Waals surface area (Å²) in [4.78, 5) is 19.4. The maximum Gasteiger partial charge on any atom is 0.335 e. The molecule has 0 aliphatic heterocycles. The van der Waals surface area contributed by atoms with Gasteiger partial charge in [0.1, 0.15) is 18.0 Å². The highest BCUT2D eigenvalue weighted by atomic mass is 35.5. The lowest BCUT2D eigenvalue weighted by atomic mass is 10.2. The van der Waals surface area contributed by atoms with Crippen LogP contribution >= 0.6 is 11.6 Å². The topological polar surface area (TPSA) is 87.1 Å². The van der Waals surface area contributed by atoms with E-state index in [2.05, 4.69) is 20.6 Å². The molecule has 0 spiro atoms. The Hall–Kier alpha value is -3.12. The molecule has 0 unspecified atom stereocenters. The zero-order valence-electron chi connectivity index (χ0n) is 13.3. The van der Waals surface area contributed by atoms with E-state index in [4.69, 9.17) is 16.7 Å². The van der Waals surface area contributed by atoms with Crippen LogP contribution in [0.5, 0.6) is 0 Å². The molecule has 1 heterocycles. The summed E-state index contributed by atoms with van der Waals surface area (Å²) in [6.07, 6.45) is 1.43. The summed E-state index contributed by atoms with van der Waals surface area (Å²) in [5.41, 5.74) is 2.72. The summed E-state index contributed by atoms with van der Waals surface area (Å²) >= 11 is 5.97. The van der Waals surface area contributed by atoms with Crippen LogP contribution in [-0.2, 0) is 0 Å². The fourth-order valence-electron chi connectivity index (χ4n) is 2.28. The molecule has 0 saturated heterocycles. The SMILES string of the molecule is Cc1cc(Cl)ccc1Nc1cc(Nc2cccc(C(=O)O)c2)ncn1. The molecular formula is C18H15ClN4O2. The number of nitrogens with zero attached hydrogens (tertiary/aromatic N) is 2. The van der Waals surface area contributed by atoms with Crippen molar-refractivity contribution in [2.75, 3.05) is 10.6 Å². The summed E-state index contributed by atoms with van der Waals surface area (Å²) in [5, 5.41) is 16.0. The number of aryl methyl sites for hydroxylation is 1. The number of carboxylic acids is 1. The van der Waals surface area contributed by atoms with Gasteiger partial charge in [0.05, 0.1) is 5.56 Å². The molecule has 0 bridgehead atoms. The third kappa shape index (κ3) is 4.24. The van der Waals surface area contributed by atoms with Crippen LogP contribution in [0.3, 0.4) is 0 Å². The van der Waals surface area contributed by atoms with E-state index in [9.17, 15) is 4.79 Å². The van der Waals surface area contributed by atoms with Gasteiger partial charge in [-0.1, -0.05) is 17.7 Å². The second kappa shape index (κ2) is 7.19. The lowest BCUT2D eigenvalue weighted by Gasteiger charge is -2.11. The van der Waals surface area contributed by atoms with E-state index in [0.717, 1.165) is 11.3 Å². The number of anilines is 4. The fraction of sp³-hybridized carbons (Fsp3) is 0.0556. The van der Waals surface area contributed by atoms with E-state index in [0.29, 0.717) is 22.3 Å². The minimum absolute atomic E-state index is 0.203. The van der Waals surface area contributed by atoms with Gasteiger partial charge in [-0.3, -0.25) is 0 Å². The molecule has 6 nitrogen and oxygen atoms in total. The Morgan fingerprint density at radius 2 is 1.80 bits per heavy atom. The van der Waals surface area contributed by atoms with Crippen LogP contribution in [0.4, 0.5) is 23.0 Å². The van der Waals surface area contributed by atoms with Gasteiger partial charge < -0.3 is 15.7 Å². The largest absolute Gasteiger partial charge is 0.478 e. The molecule has 3 N–H and O–H groups in total. The first-order chi connectivity index (χ1) is 12.0. The zero-order chi connectivity index (χ0) is 17.8. The Kier molecular flexibility index (Phi) is 4.81. The second-order valence-electron chi connectivity index (χ2n) is 5.38. The quantitative estimate of drug-likeness (QED) is 0.619. The highest BCUT2D eigenvalue weighted by Crippen LogP contribution is 2.24. The van der Waals surface area contributed by atoms with E-state index >= 15 is 0 Å². The van der Waals surface area contributed by atoms with Crippen molar-refractivity contribution in [1.29, 1.82) is 0 Å². The molecule has 3 aromatic rings. The Bertz CT molecular complexity index is 930. The Morgan fingerprint density at radius 3 is 2.52 bits per heavy atom. The number of carbonyl (C=O) groups is 1. The number of aromatic nitrogens is 2. The van der Waals surface area contributed by atoms with Crippen molar-refractivity contribution in [3.63, 3.8) is 0 Å². The van der Waals surface area contributed by atoms with Crippen molar-refractivity contribution >= 4 is 40.6 Å². The van der Waals surface area contributed by atoms with Gasteiger partial charge in [0, 0.05) is 22.5 Å². The van der Waals surface area contributed by atoms with E-state index in [1.54, 1.807) is 30.3 Å². The van der Waals surface area contributed by atoms with Crippen LogP contribution in [0.15, 0.2) is 54.9 Å². The number of nitrogens with one attached hydrogen (secondary N) is 2. The molecule has 0 amide bonds. The summed E-state index contributed by atoms with van der Waals surface area (Å²) in [6.45, 7) is 1.95. The third-order valence-electron chi connectivity index (χ3n) is 3.50. The molecule has 0 saturated carbocycles. The van der Waals surface area contributed by atoms with Crippen LogP contribution in [0.1, 0.15) is 15.9 Å². The molecule has 0 fully saturated rings. The standard InChI is InChI=1S/C18H15ClN4O2/c1-11-7-13(19)5-6-15(11)23-17-9-16(20-10-21-17)22-14-4-2-3-12(8-14)18(24)25/h2-10H,1H3,(H,24,25)(H2,20,21,22,23). The first kappa shape index (κ1) is 16.7. The van der Waals surface area contributed by atoms with E-state index < -0.39 is 5.97 Å². The number of rotatable bonds is 5. The first-order valence-electron chi connectivity index (χ1n) is 7.47. The van der Waals surface area contributed by atoms with Gasteiger partial charge in [-0.05, 0) is 48.9 Å². The second-order valence-corrected chi connectivity index (χ2v) is 5.82. The number of hydrogen-bond acceptors (Lipinski definition) is 5. The number of benzene rings is 2. The highest BCUT2D eigenvalue weighted by molar-refractivity contribution is 6.30. The van der Waals surface area contributed by atoms with Gasteiger partial charge in [-0.15, -0.1) is 0 Å². The molecular weight excluding hydrogens is 340 g/mol. The summed E-state index contributed by atoms with van der Waals surface area (Å²) < 4.78 is 0. The van der Waals surface area contributed by atoms with Gasteiger partial charge in [0.2, 0.25) is 0 Å². The molecule has 2 aromatic carbocycles. The first-order valence-corrected chi connectivity index (χ1v) is 7.85. The number of aromatic carboxylic acids is 1. The average molecular weight is 355 g/mol. The number of halogens is 1. The molecule has 0 aliphatic carbocycles. The Morgan fingerprint density at radius 1 is 1.04 bits per heavy atom. The predicted octanol–water partition coefficient (Wildman–Crippen LogP) is 4.62. The van der Waals surface area contributed by atoms with Crippen molar-refractivity contribution in [3.05, 3.63) is 71.0 Å². The average Bonchev–Trinajstić information content (AvgIpc) is 2.58. The third-order valence-corrected chi connectivity index (χ3v) is 3.74. The number of hydrogen-bond donors (Lipinski definition) is 3. The van der Waals surface area contributed by atoms with Gasteiger partial charge in [0.15, 0.2) is 0 Å². The van der Waals surface area contributed by atoms with E-state index in [1.165, 1.54) is 12.4 Å². The lowest BCUT2D eigenvalue weighted by Crippen LogP contribution is -2.01. The maximum atomic E-state index is 11.0. The van der Waals surface area contributed by atoms with Gasteiger partial charge in [-0.2, -0.15) is 0 Å². The number of carboxylic acid groups (broad SMARTS) is 1.